The van der Waals surface area contributed by atoms with Crippen LogP contribution in [0.25, 0.3) is 0 Å². The molecule has 29 heavy (non-hydrogen) atoms. The molecule has 1 aromatic carbocycles. The van der Waals surface area contributed by atoms with Crippen molar-refractivity contribution in [1.82, 2.24) is 9.80 Å². The van der Waals surface area contributed by atoms with Crippen LogP contribution >= 0.6 is 11.8 Å². The van der Waals surface area contributed by atoms with Crippen LogP contribution in [0.1, 0.15) is 12.0 Å². The van der Waals surface area contributed by atoms with Gasteiger partial charge in [-0.2, -0.15) is 0 Å². The highest BCUT2D eigenvalue weighted by molar-refractivity contribution is 8.14. The quantitative estimate of drug-likeness (QED) is 0.551. The molecule has 6 nitrogen and oxygen atoms in total. The predicted octanol–water partition coefficient (Wildman–Crippen LogP) is 1.97. The number of rotatable bonds is 5. The molecule has 2 heterocycles. The van der Waals surface area contributed by atoms with E-state index in [-0.39, 0.29) is 47.9 Å². The van der Waals surface area contributed by atoms with Gasteiger partial charge in [0.15, 0.2) is 5.17 Å². The summed E-state index contributed by atoms with van der Waals surface area (Å²) < 4.78 is 0. The van der Waals surface area contributed by atoms with Crippen molar-refractivity contribution in [3.63, 3.8) is 0 Å². The van der Waals surface area contributed by atoms with E-state index in [1.807, 2.05) is 18.2 Å². The van der Waals surface area contributed by atoms with E-state index in [0.717, 1.165) is 18.6 Å². The Morgan fingerprint density at radius 2 is 1.76 bits per heavy atom. The number of amidine groups is 1. The van der Waals surface area contributed by atoms with Crippen LogP contribution in [0.3, 0.4) is 0 Å². The topological polar surface area (TPSA) is 70.1 Å². The second-order valence-corrected chi connectivity index (χ2v) is 9.12. The van der Waals surface area contributed by atoms with Gasteiger partial charge in [0.1, 0.15) is 6.54 Å². The van der Waals surface area contributed by atoms with E-state index in [2.05, 4.69) is 29.3 Å². The number of thioether (sulfide) groups is 1. The van der Waals surface area contributed by atoms with Crippen LogP contribution in [-0.4, -0.2) is 58.1 Å². The first kappa shape index (κ1) is 18.6. The highest BCUT2D eigenvalue weighted by atomic mass is 32.2. The normalized spacial score (nSPS) is 31.4. The molecule has 2 aliphatic carbocycles. The Morgan fingerprint density at radius 1 is 1.07 bits per heavy atom. The van der Waals surface area contributed by atoms with E-state index in [0.29, 0.717) is 18.3 Å². The zero-order valence-corrected chi connectivity index (χ0v) is 16.9. The second-order valence-electron chi connectivity index (χ2n) is 8.06. The summed E-state index contributed by atoms with van der Waals surface area (Å²) >= 11 is 1.56. The lowest BCUT2D eigenvalue weighted by molar-refractivity contribution is -0.145. The van der Waals surface area contributed by atoms with Gasteiger partial charge in [-0.1, -0.05) is 54.2 Å². The molecule has 0 spiro atoms. The van der Waals surface area contributed by atoms with E-state index in [9.17, 15) is 14.4 Å². The summed E-state index contributed by atoms with van der Waals surface area (Å²) in [6, 6.07) is 10.1. The molecule has 150 valence electrons. The van der Waals surface area contributed by atoms with Gasteiger partial charge in [0, 0.05) is 18.8 Å². The predicted molar refractivity (Wildman–Crippen MR) is 111 cm³/mol. The fourth-order valence-electron chi connectivity index (χ4n) is 5.03. The second kappa shape index (κ2) is 7.44. The molecule has 0 unspecified atom stereocenters. The van der Waals surface area contributed by atoms with Gasteiger partial charge in [-0.25, -0.2) is 0 Å². The summed E-state index contributed by atoms with van der Waals surface area (Å²) in [6.07, 6.45) is 5.85. The molecule has 3 amide bonds. The van der Waals surface area contributed by atoms with Crippen molar-refractivity contribution in [1.29, 1.82) is 0 Å². The number of hydrogen-bond donors (Lipinski definition) is 0. The Labute approximate surface area is 174 Å². The number of carbonyl (C=O) groups excluding carboxylic acids is 3. The molecule has 4 aliphatic rings. The molecule has 4 atom stereocenters. The molecule has 1 saturated carbocycles. The highest BCUT2D eigenvalue weighted by Crippen LogP contribution is 2.52. The third-order valence-corrected chi connectivity index (χ3v) is 7.42. The maximum absolute atomic E-state index is 12.9. The first-order valence-corrected chi connectivity index (χ1v) is 11.2. The van der Waals surface area contributed by atoms with Crippen molar-refractivity contribution in [2.24, 2.45) is 28.7 Å². The number of fused-ring (bicyclic) bond motifs is 5. The molecule has 0 aromatic heterocycles. The van der Waals surface area contributed by atoms with Crippen LogP contribution in [0.5, 0.6) is 0 Å². The monoisotopic (exact) mass is 409 g/mol. The lowest BCUT2D eigenvalue weighted by atomic mass is 9.85. The number of amides is 3. The van der Waals surface area contributed by atoms with Gasteiger partial charge >= 0.3 is 0 Å². The minimum absolute atomic E-state index is 0.164. The van der Waals surface area contributed by atoms with Gasteiger partial charge in [0.2, 0.25) is 17.7 Å². The molecular formula is C22H23N3O3S. The maximum Gasteiger partial charge on any atom is 0.248 e. The Morgan fingerprint density at radius 3 is 2.45 bits per heavy atom. The third-order valence-electron chi connectivity index (χ3n) is 6.42. The van der Waals surface area contributed by atoms with Crippen LogP contribution in [0.15, 0.2) is 47.5 Å². The number of hydrogen-bond acceptors (Lipinski definition) is 5. The molecule has 0 N–H and O–H groups in total. The van der Waals surface area contributed by atoms with E-state index in [1.54, 1.807) is 16.7 Å². The summed E-state index contributed by atoms with van der Waals surface area (Å²) in [7, 11) is 0. The number of benzene rings is 1. The zero-order valence-electron chi connectivity index (χ0n) is 16.1. The number of allylic oxidation sites excluding steroid dienone is 2. The van der Waals surface area contributed by atoms with Crippen molar-refractivity contribution in [3.05, 3.63) is 48.0 Å². The Kier molecular flexibility index (Phi) is 4.78. The smallest absolute Gasteiger partial charge is 0.248 e. The fraction of sp³-hybridized carbons (Fsp3) is 0.455. The summed E-state index contributed by atoms with van der Waals surface area (Å²) in [5.41, 5.74) is 1.21. The maximum atomic E-state index is 12.9. The molecule has 7 heteroatoms. The van der Waals surface area contributed by atoms with Crippen LogP contribution in [0.2, 0.25) is 0 Å². The summed E-state index contributed by atoms with van der Waals surface area (Å²) in [6.45, 7) is 1.02. The van der Waals surface area contributed by atoms with Crippen LogP contribution in [0.4, 0.5) is 0 Å². The standard InChI is InChI=1S/C22H23N3O3S/c26-17(13-25-20(27)18-15-6-7-16(12-15)19(18)21(25)28)24-10-11-29-22(24)23-9-8-14-4-2-1-3-5-14/h1-7,15-16,18-19H,8-13H2/t15-,16-,18-,19+/m1/s1. The minimum Gasteiger partial charge on any atom is -0.289 e. The van der Waals surface area contributed by atoms with Crippen LogP contribution < -0.4 is 0 Å². The van der Waals surface area contributed by atoms with Crippen molar-refractivity contribution in [2.45, 2.75) is 12.8 Å². The molecule has 2 aliphatic heterocycles. The first-order valence-electron chi connectivity index (χ1n) is 10.2. The molecule has 2 saturated heterocycles. The third kappa shape index (κ3) is 3.21. The Hall–Kier alpha value is -2.41. The van der Waals surface area contributed by atoms with Gasteiger partial charge in [0.05, 0.1) is 11.8 Å². The number of imide groups is 1. The molecule has 1 aromatic rings. The van der Waals surface area contributed by atoms with E-state index < -0.39 is 0 Å². The van der Waals surface area contributed by atoms with E-state index in [4.69, 9.17) is 0 Å². The Balaban J connectivity index is 1.23. The van der Waals surface area contributed by atoms with Crippen LogP contribution in [-0.2, 0) is 20.8 Å². The van der Waals surface area contributed by atoms with Crippen molar-refractivity contribution < 1.29 is 14.4 Å². The lowest BCUT2D eigenvalue weighted by Crippen LogP contribution is -2.44. The SMILES string of the molecule is O=C(CN1C(=O)[C@@H]2[C@H](C1=O)[C@@H]1C=C[C@@H]2C1)N1CCSC1=NCCc1ccccc1. The largest absolute Gasteiger partial charge is 0.289 e. The number of likely N-dealkylation sites (tertiary alicyclic amines) is 1. The molecule has 3 fully saturated rings. The van der Waals surface area contributed by atoms with E-state index in [1.165, 1.54) is 10.5 Å². The molecule has 5 rings (SSSR count). The van der Waals surface area contributed by atoms with Gasteiger partial charge in [-0.05, 0) is 30.2 Å². The average Bonchev–Trinajstić information content (AvgIpc) is 3.50. The minimum atomic E-state index is -0.253. The average molecular weight is 410 g/mol. The zero-order chi connectivity index (χ0) is 20.0. The van der Waals surface area contributed by atoms with Gasteiger partial charge in [-0.3, -0.25) is 29.2 Å². The molecule has 2 bridgehead atoms. The Bertz CT molecular complexity index is 883. The van der Waals surface area contributed by atoms with Gasteiger partial charge in [0.25, 0.3) is 0 Å². The summed E-state index contributed by atoms with van der Waals surface area (Å²) in [5.74, 6) is 0.0686. The summed E-state index contributed by atoms with van der Waals surface area (Å²) in [5, 5.41) is 0.701. The lowest BCUT2D eigenvalue weighted by Gasteiger charge is -2.21. The van der Waals surface area contributed by atoms with Crippen molar-refractivity contribution >= 4 is 34.7 Å². The molecule has 0 radical (unpaired) electrons. The fourth-order valence-corrected chi connectivity index (χ4v) is 6.02. The highest BCUT2D eigenvalue weighted by Gasteiger charge is 2.59. The number of aliphatic imine (C=N–C) groups is 1. The van der Waals surface area contributed by atoms with Gasteiger partial charge in [-0.15, -0.1) is 0 Å². The van der Waals surface area contributed by atoms with Crippen molar-refractivity contribution in [3.8, 4) is 0 Å². The number of nitrogens with zero attached hydrogens (tertiary/aromatic N) is 3. The van der Waals surface area contributed by atoms with E-state index >= 15 is 0 Å². The van der Waals surface area contributed by atoms with Crippen LogP contribution in [0, 0.1) is 23.7 Å². The summed E-state index contributed by atoms with van der Waals surface area (Å²) in [4.78, 5) is 46.0. The first-order chi connectivity index (χ1) is 14.1. The number of carbonyl (C=O) groups is 3. The molecular weight excluding hydrogens is 386 g/mol. The van der Waals surface area contributed by atoms with Gasteiger partial charge < -0.3 is 0 Å². The van der Waals surface area contributed by atoms with Crippen molar-refractivity contribution in [2.75, 3.05) is 25.4 Å².